The Balaban J connectivity index is 1.56. The summed E-state index contributed by atoms with van der Waals surface area (Å²) in [6.45, 7) is 6.38. The molecule has 0 saturated carbocycles. The molecule has 0 spiro atoms. The van der Waals surface area contributed by atoms with Gasteiger partial charge in [0.15, 0.2) is 23.0 Å². The maximum Gasteiger partial charge on any atom is 0.279 e. The van der Waals surface area contributed by atoms with E-state index in [4.69, 9.17) is 9.47 Å². The maximum absolute atomic E-state index is 13.4. The quantitative estimate of drug-likeness (QED) is 0.391. The Morgan fingerprint density at radius 3 is 2.41 bits per heavy atom. The van der Waals surface area contributed by atoms with E-state index in [1.165, 1.54) is 0 Å². The molecule has 0 aromatic carbocycles. The van der Waals surface area contributed by atoms with E-state index in [2.05, 4.69) is 31.2 Å². The summed E-state index contributed by atoms with van der Waals surface area (Å²) in [5.41, 5.74) is 1.79. The fraction of sp³-hybridized carbons (Fsp3) is 0.500. The molecule has 0 radical (unpaired) electrons. The van der Waals surface area contributed by atoms with Gasteiger partial charge in [0.2, 0.25) is 6.41 Å². The molecular weight excluding hydrogens is 436 g/mol. The van der Waals surface area contributed by atoms with E-state index >= 15 is 0 Å². The molecule has 10 nitrogen and oxygen atoms in total. The minimum atomic E-state index is -0.492. The summed E-state index contributed by atoms with van der Waals surface area (Å²) in [4.78, 5) is 33.5. The fourth-order valence-corrected chi connectivity index (χ4v) is 4.22. The van der Waals surface area contributed by atoms with Gasteiger partial charge in [-0.3, -0.25) is 9.59 Å². The van der Waals surface area contributed by atoms with Crippen LogP contribution in [0.3, 0.4) is 0 Å². The molecule has 2 saturated heterocycles. The van der Waals surface area contributed by atoms with Gasteiger partial charge in [-0.25, -0.2) is 9.97 Å². The summed E-state index contributed by atoms with van der Waals surface area (Å²) in [7, 11) is 0. The Kier molecular flexibility index (Phi) is 7.91. The van der Waals surface area contributed by atoms with Gasteiger partial charge in [-0.15, -0.1) is 0 Å². The molecule has 4 N–H and O–H groups in total. The number of hydrogen-bond donors (Lipinski definition) is 4. The average molecular weight is 469 g/mol. The van der Waals surface area contributed by atoms with Crippen LogP contribution in [0.5, 0.6) is 11.5 Å². The van der Waals surface area contributed by atoms with Crippen LogP contribution >= 0.6 is 0 Å². The number of rotatable bonds is 10. The van der Waals surface area contributed by atoms with Crippen LogP contribution < -0.4 is 30.7 Å². The zero-order valence-electron chi connectivity index (χ0n) is 19.6. The van der Waals surface area contributed by atoms with Crippen molar-refractivity contribution in [3.63, 3.8) is 0 Å². The lowest BCUT2D eigenvalue weighted by atomic mass is 10.2. The van der Waals surface area contributed by atoms with Crippen molar-refractivity contribution < 1.29 is 19.1 Å². The molecule has 4 heterocycles. The van der Waals surface area contributed by atoms with Crippen molar-refractivity contribution in [2.45, 2.75) is 51.6 Å². The van der Waals surface area contributed by atoms with Gasteiger partial charge < -0.3 is 30.7 Å². The van der Waals surface area contributed by atoms with Crippen LogP contribution in [0, 0.1) is 13.8 Å². The Bertz CT molecular complexity index is 1020. The zero-order valence-corrected chi connectivity index (χ0v) is 19.6. The largest absolute Gasteiger partial charge is 0.488 e. The highest BCUT2D eigenvalue weighted by molar-refractivity contribution is 6.06. The first-order chi connectivity index (χ1) is 16.5. The number of hydrogen-bond acceptors (Lipinski definition) is 8. The molecule has 2 aromatic rings. The number of aromatic nitrogens is 2. The molecule has 0 bridgehead atoms. The molecule has 0 aliphatic carbocycles. The molecule has 2 aromatic heterocycles. The third kappa shape index (κ3) is 6.00. The van der Waals surface area contributed by atoms with Crippen molar-refractivity contribution in [3.8, 4) is 11.5 Å². The van der Waals surface area contributed by atoms with Gasteiger partial charge in [0, 0.05) is 23.5 Å². The molecule has 0 unspecified atom stereocenters. The second kappa shape index (κ2) is 11.3. The molecule has 182 valence electrons. The Labute approximate surface area is 199 Å². The maximum atomic E-state index is 13.4. The number of carbonyl (C=O) groups is 2. The number of carbonyl (C=O) groups excluding carboxylic acids is 2. The predicted molar refractivity (Wildman–Crippen MR) is 129 cm³/mol. The highest BCUT2D eigenvalue weighted by Crippen LogP contribution is 2.31. The van der Waals surface area contributed by atoms with Crippen molar-refractivity contribution in [1.82, 2.24) is 20.6 Å². The summed E-state index contributed by atoms with van der Waals surface area (Å²) in [5, 5.41) is 12.2. The van der Waals surface area contributed by atoms with Gasteiger partial charge in [-0.1, -0.05) is 0 Å². The monoisotopic (exact) mass is 468 g/mol. The van der Waals surface area contributed by atoms with Crippen LogP contribution in [0.4, 0.5) is 11.5 Å². The lowest BCUT2D eigenvalue weighted by Gasteiger charge is -2.19. The minimum Gasteiger partial charge on any atom is -0.488 e. The van der Waals surface area contributed by atoms with E-state index in [-0.39, 0.29) is 23.5 Å². The number of nitrogens with zero attached hydrogens (tertiary/aromatic N) is 2. The molecule has 2 fully saturated rings. The first kappa shape index (κ1) is 23.9. The normalized spacial score (nSPS) is 19.6. The molecule has 10 heteroatoms. The Morgan fingerprint density at radius 2 is 1.76 bits per heavy atom. The first-order valence-electron chi connectivity index (χ1n) is 11.8. The lowest BCUT2D eigenvalue weighted by molar-refractivity contribution is -0.105. The van der Waals surface area contributed by atoms with E-state index in [1.807, 2.05) is 13.0 Å². The first-order valence-corrected chi connectivity index (χ1v) is 11.8. The smallest absolute Gasteiger partial charge is 0.279 e. The highest BCUT2D eigenvalue weighted by atomic mass is 16.5. The summed E-state index contributed by atoms with van der Waals surface area (Å²) in [5.74, 6) is 0.548. The molecule has 2 amide bonds. The van der Waals surface area contributed by atoms with Gasteiger partial charge in [0.05, 0.1) is 5.69 Å². The average Bonchev–Trinajstić information content (AvgIpc) is 3.52. The lowest BCUT2D eigenvalue weighted by Crippen LogP contribution is -2.29. The standard InChI is InChI=1S/C24H32N6O4/c1-15-7-8-20(33-12-17-5-3-9-25-17)23(29-15)30-24(32)21-22(34-13-18-6-4-10-26-18)19(27-14-31)11-16(2)28-21/h7-8,11,14,17-18,25-26H,3-6,9-10,12-13H2,1-2H3,(H,27,28,31)(H,29,30,32)/t17-,18+/m1/s1. The third-order valence-corrected chi connectivity index (χ3v) is 5.95. The molecule has 4 rings (SSSR count). The highest BCUT2D eigenvalue weighted by Gasteiger charge is 2.24. The van der Waals surface area contributed by atoms with Crippen LogP contribution in [-0.2, 0) is 4.79 Å². The minimum absolute atomic E-state index is 0.0778. The van der Waals surface area contributed by atoms with Crippen molar-refractivity contribution in [2.24, 2.45) is 0 Å². The number of ether oxygens (including phenoxy) is 2. The number of anilines is 2. The van der Waals surface area contributed by atoms with Gasteiger partial charge >= 0.3 is 0 Å². The summed E-state index contributed by atoms with van der Waals surface area (Å²) < 4.78 is 12.0. The van der Waals surface area contributed by atoms with Gasteiger partial charge in [0.1, 0.15) is 13.2 Å². The second-order valence-corrected chi connectivity index (χ2v) is 8.71. The van der Waals surface area contributed by atoms with Gasteiger partial charge in [-0.2, -0.15) is 0 Å². The molecule has 2 atom stereocenters. The fourth-order valence-electron chi connectivity index (χ4n) is 4.22. The van der Waals surface area contributed by atoms with Crippen molar-refractivity contribution in [3.05, 3.63) is 35.3 Å². The Morgan fingerprint density at radius 1 is 1.06 bits per heavy atom. The van der Waals surface area contributed by atoms with E-state index < -0.39 is 5.91 Å². The SMILES string of the molecule is Cc1ccc(OC[C@H]2CCCN2)c(NC(=O)c2nc(C)cc(NC=O)c2OC[C@@H]2CCCN2)n1. The molecule has 2 aliphatic heterocycles. The van der Waals surface area contributed by atoms with Crippen LogP contribution in [0.2, 0.25) is 0 Å². The zero-order chi connectivity index (χ0) is 23.9. The van der Waals surface area contributed by atoms with Crippen molar-refractivity contribution >= 4 is 23.8 Å². The van der Waals surface area contributed by atoms with Crippen LogP contribution in [0.15, 0.2) is 18.2 Å². The van der Waals surface area contributed by atoms with E-state index in [0.717, 1.165) is 44.5 Å². The summed E-state index contributed by atoms with van der Waals surface area (Å²) in [6, 6.07) is 5.79. The van der Waals surface area contributed by atoms with Crippen LogP contribution in [0.25, 0.3) is 0 Å². The summed E-state index contributed by atoms with van der Waals surface area (Å²) >= 11 is 0. The van der Waals surface area contributed by atoms with E-state index in [1.54, 1.807) is 19.1 Å². The van der Waals surface area contributed by atoms with Crippen LogP contribution in [0.1, 0.15) is 47.6 Å². The van der Waals surface area contributed by atoms with Gasteiger partial charge in [-0.05, 0) is 70.8 Å². The van der Waals surface area contributed by atoms with Gasteiger partial charge in [0.25, 0.3) is 5.91 Å². The molecule has 34 heavy (non-hydrogen) atoms. The van der Waals surface area contributed by atoms with Crippen molar-refractivity contribution in [2.75, 3.05) is 36.9 Å². The number of amides is 2. The number of pyridine rings is 2. The predicted octanol–water partition coefficient (Wildman–Crippen LogP) is 2.18. The topological polar surface area (TPSA) is 126 Å². The van der Waals surface area contributed by atoms with E-state index in [9.17, 15) is 9.59 Å². The molecule has 2 aliphatic rings. The third-order valence-electron chi connectivity index (χ3n) is 5.95. The van der Waals surface area contributed by atoms with Crippen LogP contribution in [-0.4, -0.2) is 60.7 Å². The number of aryl methyl sites for hydroxylation is 2. The van der Waals surface area contributed by atoms with Crippen molar-refractivity contribution in [1.29, 1.82) is 0 Å². The number of nitrogens with one attached hydrogen (secondary N) is 4. The summed E-state index contributed by atoms with van der Waals surface area (Å²) in [6.07, 6.45) is 4.80. The second-order valence-electron chi connectivity index (χ2n) is 8.71. The van der Waals surface area contributed by atoms with E-state index in [0.29, 0.717) is 42.6 Å². The molecular formula is C24H32N6O4. The Hall–Kier alpha value is -3.24.